The predicted molar refractivity (Wildman–Crippen MR) is 79.7 cm³/mol. The highest BCUT2D eigenvalue weighted by Crippen LogP contribution is 2.29. The van der Waals surface area contributed by atoms with Gasteiger partial charge in [-0.25, -0.2) is 0 Å². The Labute approximate surface area is 116 Å². The van der Waals surface area contributed by atoms with Crippen LogP contribution in [-0.4, -0.2) is 38.2 Å². The monoisotopic (exact) mass is 262 g/mol. The normalized spacial score (nSPS) is 22.2. The van der Waals surface area contributed by atoms with Gasteiger partial charge in [-0.3, -0.25) is 4.90 Å². The third-order valence-corrected chi connectivity index (χ3v) is 4.19. The first-order valence-corrected chi connectivity index (χ1v) is 7.30. The van der Waals surface area contributed by atoms with Gasteiger partial charge in [-0.2, -0.15) is 0 Å². The van der Waals surface area contributed by atoms with Crippen LogP contribution >= 0.6 is 0 Å². The fourth-order valence-electron chi connectivity index (χ4n) is 3.08. The van der Waals surface area contributed by atoms with Gasteiger partial charge in [0, 0.05) is 18.6 Å². The number of nitrogens with one attached hydrogen (secondary N) is 1. The van der Waals surface area contributed by atoms with Gasteiger partial charge in [0.1, 0.15) is 5.75 Å². The van der Waals surface area contributed by atoms with Crippen molar-refractivity contribution in [3.8, 4) is 5.75 Å². The molecule has 1 aromatic rings. The van der Waals surface area contributed by atoms with Crippen molar-refractivity contribution >= 4 is 0 Å². The van der Waals surface area contributed by atoms with Gasteiger partial charge < -0.3 is 10.1 Å². The zero-order valence-electron chi connectivity index (χ0n) is 12.4. The molecule has 1 saturated heterocycles. The minimum absolute atomic E-state index is 0.453. The average molecular weight is 262 g/mol. The first kappa shape index (κ1) is 14.4. The molecule has 0 bridgehead atoms. The van der Waals surface area contributed by atoms with Crippen LogP contribution in [0.2, 0.25) is 0 Å². The third kappa shape index (κ3) is 3.48. The van der Waals surface area contributed by atoms with Crippen LogP contribution in [0.1, 0.15) is 37.8 Å². The van der Waals surface area contributed by atoms with E-state index in [2.05, 4.69) is 35.3 Å². The summed E-state index contributed by atoms with van der Waals surface area (Å²) in [6.07, 6.45) is 3.97. The number of hydrogen-bond donors (Lipinski definition) is 1. The number of benzene rings is 1. The number of ether oxygens (including phenoxy) is 1. The van der Waals surface area contributed by atoms with Crippen LogP contribution in [0, 0.1) is 0 Å². The van der Waals surface area contributed by atoms with E-state index in [9.17, 15) is 0 Å². The summed E-state index contributed by atoms with van der Waals surface area (Å²) < 4.78 is 5.34. The van der Waals surface area contributed by atoms with E-state index in [1.165, 1.54) is 31.4 Å². The number of likely N-dealkylation sites (tertiary alicyclic amines) is 1. The minimum Gasteiger partial charge on any atom is -0.497 e. The fraction of sp³-hybridized carbons (Fsp3) is 0.625. The van der Waals surface area contributed by atoms with Crippen molar-refractivity contribution in [2.24, 2.45) is 0 Å². The molecule has 0 amide bonds. The lowest BCUT2D eigenvalue weighted by Crippen LogP contribution is -2.45. The zero-order chi connectivity index (χ0) is 13.7. The minimum atomic E-state index is 0.453. The maximum absolute atomic E-state index is 5.34. The Balaban J connectivity index is 2.13. The van der Waals surface area contributed by atoms with Crippen molar-refractivity contribution < 1.29 is 4.74 Å². The molecular weight excluding hydrogens is 236 g/mol. The molecule has 106 valence electrons. The van der Waals surface area contributed by atoms with E-state index in [0.29, 0.717) is 12.1 Å². The first-order valence-electron chi connectivity index (χ1n) is 7.30. The summed E-state index contributed by atoms with van der Waals surface area (Å²) in [5.74, 6) is 0.950. The Morgan fingerprint density at radius 1 is 1.42 bits per heavy atom. The van der Waals surface area contributed by atoms with Crippen molar-refractivity contribution in [3.63, 3.8) is 0 Å². The number of methoxy groups -OCH3 is 1. The molecule has 2 unspecified atom stereocenters. The molecule has 0 aliphatic carbocycles. The quantitative estimate of drug-likeness (QED) is 0.883. The molecule has 2 atom stereocenters. The summed E-state index contributed by atoms with van der Waals surface area (Å²) >= 11 is 0. The van der Waals surface area contributed by atoms with Crippen LogP contribution in [0.3, 0.4) is 0 Å². The molecule has 1 aromatic carbocycles. The average Bonchev–Trinajstić information content (AvgIpc) is 2.47. The molecule has 1 aliphatic rings. The highest BCUT2D eigenvalue weighted by atomic mass is 16.5. The van der Waals surface area contributed by atoms with Crippen LogP contribution in [0.15, 0.2) is 24.3 Å². The Hall–Kier alpha value is -1.06. The second-order valence-corrected chi connectivity index (χ2v) is 5.40. The second kappa shape index (κ2) is 6.92. The van der Waals surface area contributed by atoms with Gasteiger partial charge in [-0.15, -0.1) is 0 Å². The first-order chi connectivity index (χ1) is 9.26. The van der Waals surface area contributed by atoms with Crippen LogP contribution in [-0.2, 0) is 0 Å². The van der Waals surface area contributed by atoms with Gasteiger partial charge in [0.2, 0.25) is 0 Å². The molecule has 2 rings (SSSR count). The van der Waals surface area contributed by atoms with Crippen LogP contribution in [0.25, 0.3) is 0 Å². The van der Waals surface area contributed by atoms with E-state index in [4.69, 9.17) is 4.74 Å². The summed E-state index contributed by atoms with van der Waals surface area (Å²) in [5, 5.41) is 3.33. The van der Waals surface area contributed by atoms with Crippen molar-refractivity contribution in [2.45, 2.75) is 38.3 Å². The second-order valence-electron chi connectivity index (χ2n) is 5.40. The number of likely N-dealkylation sites (N-methyl/N-ethyl adjacent to an activating group) is 1. The SMILES string of the molecule is CNCC1CCCCN1C(C)c1cccc(OC)c1. The fourth-order valence-corrected chi connectivity index (χ4v) is 3.08. The lowest BCUT2D eigenvalue weighted by Gasteiger charge is -2.40. The smallest absolute Gasteiger partial charge is 0.119 e. The van der Waals surface area contributed by atoms with E-state index < -0.39 is 0 Å². The Morgan fingerprint density at radius 3 is 3.00 bits per heavy atom. The molecule has 3 nitrogen and oxygen atoms in total. The third-order valence-electron chi connectivity index (χ3n) is 4.19. The van der Waals surface area contributed by atoms with Crippen molar-refractivity contribution in [2.75, 3.05) is 27.2 Å². The topological polar surface area (TPSA) is 24.5 Å². The molecule has 19 heavy (non-hydrogen) atoms. The van der Waals surface area contributed by atoms with Crippen LogP contribution in [0.4, 0.5) is 0 Å². The van der Waals surface area contributed by atoms with E-state index in [1.54, 1.807) is 7.11 Å². The lowest BCUT2D eigenvalue weighted by molar-refractivity contribution is 0.103. The standard InChI is InChI=1S/C16H26N2O/c1-13(14-7-6-9-16(11-14)19-3)18-10-5-4-8-15(18)12-17-2/h6-7,9,11,13,15,17H,4-5,8,10,12H2,1-3H3. The molecule has 3 heteroatoms. The Bertz CT molecular complexity index is 392. The number of nitrogens with zero attached hydrogens (tertiary/aromatic N) is 1. The summed E-state index contributed by atoms with van der Waals surface area (Å²) in [4.78, 5) is 2.63. The number of hydrogen-bond acceptors (Lipinski definition) is 3. The van der Waals surface area contributed by atoms with Crippen LogP contribution < -0.4 is 10.1 Å². The zero-order valence-corrected chi connectivity index (χ0v) is 12.4. The molecule has 0 spiro atoms. The largest absolute Gasteiger partial charge is 0.497 e. The summed E-state index contributed by atoms with van der Waals surface area (Å²) in [5.41, 5.74) is 1.35. The van der Waals surface area contributed by atoms with Gasteiger partial charge in [0.25, 0.3) is 0 Å². The predicted octanol–water partition coefficient (Wildman–Crippen LogP) is 2.83. The van der Waals surface area contributed by atoms with Gasteiger partial charge in [0.15, 0.2) is 0 Å². The van der Waals surface area contributed by atoms with Crippen molar-refractivity contribution in [1.29, 1.82) is 0 Å². The lowest BCUT2D eigenvalue weighted by atomic mass is 9.97. The summed E-state index contributed by atoms with van der Waals surface area (Å²) in [6.45, 7) is 4.59. The summed E-state index contributed by atoms with van der Waals surface area (Å²) in [6, 6.07) is 9.57. The molecule has 1 heterocycles. The molecule has 0 aromatic heterocycles. The van der Waals surface area contributed by atoms with Gasteiger partial charge in [-0.1, -0.05) is 18.6 Å². The highest BCUT2D eigenvalue weighted by molar-refractivity contribution is 5.30. The van der Waals surface area contributed by atoms with Crippen molar-refractivity contribution in [1.82, 2.24) is 10.2 Å². The molecule has 1 aliphatic heterocycles. The molecule has 0 radical (unpaired) electrons. The summed E-state index contributed by atoms with van der Waals surface area (Å²) in [7, 11) is 3.78. The van der Waals surface area contributed by atoms with E-state index in [0.717, 1.165) is 12.3 Å². The number of rotatable bonds is 5. The number of piperidine rings is 1. The molecule has 1 fully saturated rings. The van der Waals surface area contributed by atoms with E-state index in [1.807, 2.05) is 13.1 Å². The highest BCUT2D eigenvalue weighted by Gasteiger charge is 2.26. The van der Waals surface area contributed by atoms with E-state index >= 15 is 0 Å². The Kier molecular flexibility index (Phi) is 5.23. The molecule has 1 N–H and O–H groups in total. The maximum atomic E-state index is 5.34. The molecular formula is C16H26N2O. The van der Waals surface area contributed by atoms with Gasteiger partial charge >= 0.3 is 0 Å². The molecule has 0 saturated carbocycles. The van der Waals surface area contributed by atoms with E-state index in [-0.39, 0.29) is 0 Å². The Morgan fingerprint density at radius 2 is 2.26 bits per heavy atom. The van der Waals surface area contributed by atoms with Gasteiger partial charge in [0.05, 0.1) is 7.11 Å². The van der Waals surface area contributed by atoms with Crippen LogP contribution in [0.5, 0.6) is 5.75 Å². The van der Waals surface area contributed by atoms with Crippen molar-refractivity contribution in [3.05, 3.63) is 29.8 Å². The van der Waals surface area contributed by atoms with Gasteiger partial charge in [-0.05, 0) is 51.1 Å². The maximum Gasteiger partial charge on any atom is 0.119 e.